The van der Waals surface area contributed by atoms with E-state index in [-0.39, 0.29) is 24.1 Å². The van der Waals surface area contributed by atoms with E-state index in [1.54, 1.807) is 0 Å². The van der Waals surface area contributed by atoms with Crippen molar-refractivity contribution in [1.29, 1.82) is 0 Å². The van der Waals surface area contributed by atoms with E-state index in [1.807, 2.05) is 0 Å². The van der Waals surface area contributed by atoms with E-state index < -0.39 is 0 Å². The molecule has 1 amide bonds. The van der Waals surface area contributed by atoms with Crippen LogP contribution in [-0.4, -0.2) is 35.7 Å². The minimum absolute atomic E-state index is 0.0326. The Morgan fingerprint density at radius 2 is 2.12 bits per heavy atom. The maximum absolute atomic E-state index is 12.0. The number of amides is 1. The molecular formula is C12H20N2O2. The lowest BCUT2D eigenvalue weighted by Crippen LogP contribution is -2.52. The molecule has 3 atom stereocenters. The second-order valence-corrected chi connectivity index (χ2v) is 5.57. The van der Waals surface area contributed by atoms with Gasteiger partial charge in [0.25, 0.3) is 0 Å². The summed E-state index contributed by atoms with van der Waals surface area (Å²) in [6, 6.07) is 0.245. The number of hydrogen-bond acceptors (Lipinski definition) is 3. The zero-order valence-corrected chi connectivity index (χ0v) is 9.48. The summed E-state index contributed by atoms with van der Waals surface area (Å²) in [5.41, 5.74) is 0. The zero-order valence-electron chi connectivity index (χ0n) is 9.48. The highest BCUT2D eigenvalue weighted by Crippen LogP contribution is 2.37. The number of aliphatic hydroxyl groups excluding tert-OH is 1. The first-order valence-corrected chi connectivity index (χ1v) is 6.46. The molecule has 0 spiro atoms. The normalized spacial score (nSPS) is 46.2. The molecule has 0 aromatic heterocycles. The quantitative estimate of drug-likeness (QED) is 0.619. The largest absolute Gasteiger partial charge is 0.393 e. The molecule has 0 bridgehead atoms. The lowest BCUT2D eigenvalue weighted by Gasteiger charge is -2.33. The summed E-state index contributed by atoms with van der Waals surface area (Å²) in [6.45, 7) is 1.01. The number of nitrogens with one attached hydrogen (secondary N) is 2. The summed E-state index contributed by atoms with van der Waals surface area (Å²) >= 11 is 0. The number of carbonyl (C=O) groups is 1. The van der Waals surface area contributed by atoms with E-state index in [9.17, 15) is 9.90 Å². The van der Waals surface area contributed by atoms with Crippen LogP contribution in [0.5, 0.6) is 0 Å². The van der Waals surface area contributed by atoms with E-state index in [1.165, 1.54) is 19.3 Å². The fourth-order valence-corrected chi connectivity index (χ4v) is 3.47. The van der Waals surface area contributed by atoms with Crippen molar-refractivity contribution in [3.63, 3.8) is 0 Å². The van der Waals surface area contributed by atoms with Gasteiger partial charge >= 0.3 is 0 Å². The molecule has 2 aliphatic carbocycles. The van der Waals surface area contributed by atoms with Crippen molar-refractivity contribution >= 4 is 5.91 Å². The van der Waals surface area contributed by atoms with Gasteiger partial charge in [0.2, 0.25) is 5.91 Å². The first kappa shape index (κ1) is 10.5. The molecule has 0 aromatic carbocycles. The van der Waals surface area contributed by atoms with Crippen molar-refractivity contribution in [3.05, 3.63) is 0 Å². The average Bonchev–Trinajstić information content (AvgIpc) is 2.75. The second-order valence-electron chi connectivity index (χ2n) is 5.57. The first-order chi connectivity index (χ1) is 7.74. The predicted octanol–water partition coefficient (Wildman–Crippen LogP) is 0.0140. The number of hydrogen-bond donors (Lipinski definition) is 3. The maximum atomic E-state index is 12.0. The molecule has 4 heteroatoms. The van der Waals surface area contributed by atoms with E-state index in [0.29, 0.717) is 5.92 Å². The maximum Gasteiger partial charge on any atom is 0.237 e. The van der Waals surface area contributed by atoms with E-state index >= 15 is 0 Å². The highest BCUT2D eigenvalue weighted by atomic mass is 16.3. The van der Waals surface area contributed by atoms with E-state index in [2.05, 4.69) is 10.6 Å². The van der Waals surface area contributed by atoms with Gasteiger partial charge in [-0.15, -0.1) is 0 Å². The van der Waals surface area contributed by atoms with Crippen LogP contribution in [0.15, 0.2) is 0 Å². The third kappa shape index (κ3) is 1.74. The molecule has 3 unspecified atom stereocenters. The topological polar surface area (TPSA) is 61.4 Å². The van der Waals surface area contributed by atoms with Gasteiger partial charge in [0, 0.05) is 6.04 Å². The van der Waals surface area contributed by atoms with Crippen LogP contribution >= 0.6 is 0 Å². The molecule has 4 nitrogen and oxygen atoms in total. The Balaban J connectivity index is 1.54. The summed E-state index contributed by atoms with van der Waals surface area (Å²) < 4.78 is 0. The summed E-state index contributed by atoms with van der Waals surface area (Å²) in [5, 5.41) is 15.6. The number of carbonyl (C=O) groups excluding carboxylic acids is 1. The lowest BCUT2D eigenvalue weighted by atomic mass is 9.88. The van der Waals surface area contributed by atoms with Crippen LogP contribution in [0.1, 0.15) is 32.1 Å². The smallest absolute Gasteiger partial charge is 0.237 e. The molecule has 1 aliphatic heterocycles. The Labute approximate surface area is 95.8 Å². The monoisotopic (exact) mass is 224 g/mol. The van der Waals surface area contributed by atoms with Crippen molar-refractivity contribution in [1.82, 2.24) is 10.6 Å². The zero-order chi connectivity index (χ0) is 11.1. The first-order valence-electron chi connectivity index (χ1n) is 6.46. The number of rotatable bonds is 2. The van der Waals surface area contributed by atoms with Gasteiger partial charge in [-0.05, 0) is 44.1 Å². The summed E-state index contributed by atoms with van der Waals surface area (Å²) in [7, 11) is 0. The molecule has 1 heterocycles. The van der Waals surface area contributed by atoms with Crippen LogP contribution in [0.25, 0.3) is 0 Å². The predicted molar refractivity (Wildman–Crippen MR) is 59.8 cm³/mol. The van der Waals surface area contributed by atoms with Crippen molar-refractivity contribution in [2.24, 2.45) is 11.8 Å². The van der Waals surface area contributed by atoms with Gasteiger partial charge in [0.15, 0.2) is 0 Å². The van der Waals surface area contributed by atoms with Crippen LogP contribution in [0, 0.1) is 11.8 Å². The fourth-order valence-electron chi connectivity index (χ4n) is 3.47. The van der Waals surface area contributed by atoms with Gasteiger partial charge in [0.05, 0.1) is 12.1 Å². The molecule has 90 valence electrons. The van der Waals surface area contributed by atoms with E-state index in [4.69, 9.17) is 0 Å². The highest BCUT2D eigenvalue weighted by Gasteiger charge is 2.43. The molecule has 0 radical (unpaired) electrons. The van der Waals surface area contributed by atoms with Crippen molar-refractivity contribution < 1.29 is 9.90 Å². The van der Waals surface area contributed by atoms with Crippen LogP contribution in [0.2, 0.25) is 0 Å². The van der Waals surface area contributed by atoms with Gasteiger partial charge in [-0.3, -0.25) is 4.79 Å². The molecule has 3 rings (SSSR count). The van der Waals surface area contributed by atoms with Gasteiger partial charge in [-0.2, -0.15) is 0 Å². The Hall–Kier alpha value is -0.610. The van der Waals surface area contributed by atoms with Gasteiger partial charge < -0.3 is 15.7 Å². The standard InChI is InChI=1S/C12H20N2O2/c15-9-4-8(5-9)14-12(16)11-10-3-1-2-7(10)6-13-11/h7-11,13,15H,1-6H2,(H,14,16). The van der Waals surface area contributed by atoms with Crippen LogP contribution < -0.4 is 10.6 Å². The minimum Gasteiger partial charge on any atom is -0.393 e. The lowest BCUT2D eigenvalue weighted by molar-refractivity contribution is -0.125. The molecule has 3 fully saturated rings. The Morgan fingerprint density at radius 1 is 1.31 bits per heavy atom. The molecule has 2 saturated carbocycles. The van der Waals surface area contributed by atoms with Gasteiger partial charge in [-0.25, -0.2) is 0 Å². The molecule has 16 heavy (non-hydrogen) atoms. The summed E-state index contributed by atoms with van der Waals surface area (Å²) in [4.78, 5) is 12.0. The van der Waals surface area contributed by atoms with Crippen molar-refractivity contribution in [2.45, 2.75) is 50.3 Å². The Morgan fingerprint density at radius 3 is 2.88 bits per heavy atom. The molecule has 0 aromatic rings. The summed E-state index contributed by atoms with van der Waals surface area (Å²) in [6.07, 6.45) is 5.02. The SMILES string of the molecule is O=C(NC1CC(O)C1)C1NCC2CCCC21. The van der Waals surface area contributed by atoms with Crippen molar-refractivity contribution in [3.8, 4) is 0 Å². The molecule has 1 saturated heterocycles. The van der Waals surface area contributed by atoms with Crippen LogP contribution in [0.4, 0.5) is 0 Å². The molecule has 3 N–H and O–H groups in total. The third-order valence-electron chi connectivity index (χ3n) is 4.49. The average molecular weight is 224 g/mol. The minimum atomic E-state index is -0.193. The second kappa shape index (κ2) is 4.00. The Bertz CT molecular complexity index is 289. The fraction of sp³-hybridized carbons (Fsp3) is 0.917. The van der Waals surface area contributed by atoms with Gasteiger partial charge in [-0.1, -0.05) is 6.42 Å². The van der Waals surface area contributed by atoms with Crippen molar-refractivity contribution in [2.75, 3.05) is 6.54 Å². The van der Waals surface area contributed by atoms with E-state index in [0.717, 1.165) is 25.3 Å². The highest BCUT2D eigenvalue weighted by molar-refractivity contribution is 5.83. The van der Waals surface area contributed by atoms with Gasteiger partial charge in [0.1, 0.15) is 0 Å². The Kier molecular flexibility index (Phi) is 2.64. The molecular weight excluding hydrogens is 204 g/mol. The third-order valence-corrected chi connectivity index (χ3v) is 4.49. The van der Waals surface area contributed by atoms with Crippen LogP contribution in [-0.2, 0) is 4.79 Å². The number of aliphatic hydroxyl groups is 1. The van der Waals surface area contributed by atoms with Crippen LogP contribution in [0.3, 0.4) is 0 Å². The summed E-state index contributed by atoms with van der Waals surface area (Å²) in [5.74, 6) is 1.44. The number of fused-ring (bicyclic) bond motifs is 1. The molecule has 3 aliphatic rings.